The van der Waals surface area contributed by atoms with E-state index in [9.17, 15) is 9.50 Å². The minimum atomic E-state index is -1.03. The fourth-order valence-electron chi connectivity index (χ4n) is 3.34. The van der Waals surface area contributed by atoms with Crippen LogP contribution in [0.25, 0.3) is 11.2 Å². The maximum absolute atomic E-state index is 14.0. The van der Waals surface area contributed by atoms with Crippen LogP contribution in [0.2, 0.25) is 0 Å². The summed E-state index contributed by atoms with van der Waals surface area (Å²) in [5.41, 5.74) is 3.11. The molecule has 1 saturated carbocycles. The molecule has 0 saturated heterocycles. The predicted molar refractivity (Wildman–Crippen MR) is 96.9 cm³/mol. The van der Waals surface area contributed by atoms with Gasteiger partial charge in [-0.15, -0.1) is 5.10 Å². The minimum Gasteiger partial charge on any atom is -0.494 e. The highest BCUT2D eigenvalue weighted by molar-refractivity contribution is 5.47. The van der Waals surface area contributed by atoms with Crippen molar-refractivity contribution in [1.82, 2.24) is 29.4 Å². The minimum absolute atomic E-state index is 0.149. The number of hydrogen-bond acceptors (Lipinski definition) is 6. The third-order valence-electron chi connectivity index (χ3n) is 4.94. The number of ether oxygens (including phenoxy) is 1. The second-order valence-corrected chi connectivity index (χ2v) is 6.80. The van der Waals surface area contributed by atoms with E-state index in [-0.39, 0.29) is 5.75 Å². The zero-order valence-electron chi connectivity index (χ0n) is 15.0. The lowest BCUT2D eigenvalue weighted by Crippen LogP contribution is -2.11. The van der Waals surface area contributed by atoms with Crippen molar-refractivity contribution in [1.29, 1.82) is 0 Å². The van der Waals surface area contributed by atoms with Crippen LogP contribution in [-0.2, 0) is 0 Å². The summed E-state index contributed by atoms with van der Waals surface area (Å²) in [6.07, 6.45) is 7.75. The summed E-state index contributed by atoms with van der Waals surface area (Å²) in [4.78, 5) is 8.70. The largest absolute Gasteiger partial charge is 0.494 e. The van der Waals surface area contributed by atoms with Crippen LogP contribution >= 0.6 is 0 Å². The summed E-state index contributed by atoms with van der Waals surface area (Å²) >= 11 is 0. The quantitative estimate of drug-likeness (QED) is 0.572. The highest BCUT2D eigenvalue weighted by atomic mass is 19.1. The van der Waals surface area contributed by atoms with Crippen LogP contribution in [-0.4, -0.2) is 41.6 Å². The first-order valence-electron chi connectivity index (χ1n) is 8.91. The Hall–Kier alpha value is -3.33. The van der Waals surface area contributed by atoms with Gasteiger partial charge in [0.1, 0.15) is 11.8 Å². The molecular weight excluding hydrogens is 363 g/mol. The van der Waals surface area contributed by atoms with Gasteiger partial charge >= 0.3 is 0 Å². The Bertz CT molecular complexity index is 1170. The number of aliphatic hydroxyl groups excluding tert-OH is 1. The lowest BCUT2D eigenvalue weighted by molar-refractivity contribution is 0.206. The highest BCUT2D eigenvalue weighted by Crippen LogP contribution is 2.42. The van der Waals surface area contributed by atoms with Crippen molar-refractivity contribution in [2.45, 2.75) is 24.9 Å². The maximum Gasteiger partial charge on any atom is 0.167 e. The maximum atomic E-state index is 14.0. The number of halogens is 1. The van der Waals surface area contributed by atoms with E-state index in [1.807, 2.05) is 4.40 Å². The standard InChI is InChI=1S/C19H17FN6O2/c1-28-16-5-4-12(6-14(16)20)26-9-15(23-24-26)19(27)18-17(11-2-3-11)22-8-13-7-21-10-25(13)18/h4-11,19,27H,2-3H2,1H3/t19-/m0/s1. The van der Waals surface area contributed by atoms with E-state index < -0.39 is 11.9 Å². The topological polar surface area (TPSA) is 90.4 Å². The molecule has 28 heavy (non-hydrogen) atoms. The van der Waals surface area contributed by atoms with Crippen LogP contribution in [0.1, 0.15) is 41.9 Å². The van der Waals surface area contributed by atoms with Crippen molar-refractivity contribution < 1.29 is 14.2 Å². The first kappa shape index (κ1) is 16.8. The zero-order valence-corrected chi connectivity index (χ0v) is 15.0. The molecule has 1 aromatic carbocycles. The Morgan fingerprint density at radius 3 is 2.89 bits per heavy atom. The molecule has 9 heteroatoms. The van der Waals surface area contributed by atoms with Crippen molar-refractivity contribution in [3.8, 4) is 11.4 Å². The molecule has 3 aromatic heterocycles. The van der Waals surface area contributed by atoms with Crippen LogP contribution < -0.4 is 4.74 Å². The molecule has 1 atom stereocenters. The lowest BCUT2D eigenvalue weighted by Gasteiger charge is -2.15. The van der Waals surface area contributed by atoms with E-state index in [1.54, 1.807) is 31.0 Å². The first-order valence-corrected chi connectivity index (χ1v) is 8.91. The molecule has 0 spiro atoms. The molecule has 4 aromatic rings. The van der Waals surface area contributed by atoms with Crippen molar-refractivity contribution in [2.24, 2.45) is 0 Å². The van der Waals surface area contributed by atoms with E-state index in [0.29, 0.717) is 23.0 Å². The van der Waals surface area contributed by atoms with Gasteiger partial charge < -0.3 is 9.84 Å². The molecule has 1 fully saturated rings. The summed E-state index contributed by atoms with van der Waals surface area (Å²) in [5.74, 6) is -0.0146. The Labute approximate surface area is 159 Å². The summed E-state index contributed by atoms with van der Waals surface area (Å²) in [6.45, 7) is 0. The van der Waals surface area contributed by atoms with Crippen LogP contribution in [0.15, 0.2) is 43.1 Å². The Balaban J connectivity index is 1.55. The third-order valence-corrected chi connectivity index (χ3v) is 4.94. The Morgan fingerprint density at radius 2 is 2.14 bits per heavy atom. The van der Waals surface area contributed by atoms with E-state index in [4.69, 9.17) is 4.74 Å². The second kappa shape index (κ2) is 6.38. The van der Waals surface area contributed by atoms with Crippen LogP contribution in [0, 0.1) is 5.82 Å². The lowest BCUT2D eigenvalue weighted by atomic mass is 10.1. The molecule has 1 aliphatic rings. The summed E-state index contributed by atoms with van der Waals surface area (Å²) in [5, 5.41) is 19.2. The molecule has 1 N–H and O–H groups in total. The van der Waals surface area contributed by atoms with Crippen molar-refractivity contribution in [3.63, 3.8) is 0 Å². The molecule has 0 unspecified atom stereocenters. The average molecular weight is 380 g/mol. The van der Waals surface area contributed by atoms with Crippen LogP contribution in [0.5, 0.6) is 5.75 Å². The number of nitrogens with zero attached hydrogens (tertiary/aromatic N) is 6. The van der Waals surface area contributed by atoms with Gasteiger partial charge in [-0.05, 0) is 25.0 Å². The average Bonchev–Trinajstić information content (AvgIpc) is 3.24. The Morgan fingerprint density at radius 1 is 1.29 bits per heavy atom. The van der Waals surface area contributed by atoms with Gasteiger partial charge in [-0.3, -0.25) is 9.38 Å². The monoisotopic (exact) mass is 380 g/mol. The first-order chi connectivity index (χ1) is 13.7. The van der Waals surface area contributed by atoms with Gasteiger partial charge in [-0.25, -0.2) is 14.1 Å². The van der Waals surface area contributed by atoms with Gasteiger partial charge in [0.15, 0.2) is 11.6 Å². The number of benzene rings is 1. The Kier molecular flexibility index (Phi) is 3.83. The van der Waals surface area contributed by atoms with Gasteiger partial charge in [0.05, 0.1) is 54.6 Å². The fraction of sp³-hybridized carbons (Fsp3) is 0.263. The van der Waals surface area contributed by atoms with Crippen molar-refractivity contribution >= 4 is 5.52 Å². The number of methoxy groups -OCH3 is 1. The molecule has 5 rings (SSSR count). The van der Waals surface area contributed by atoms with E-state index >= 15 is 0 Å². The van der Waals surface area contributed by atoms with E-state index in [1.165, 1.54) is 23.9 Å². The zero-order chi connectivity index (χ0) is 19.3. The normalized spacial score (nSPS) is 15.1. The van der Waals surface area contributed by atoms with Gasteiger partial charge in [0.2, 0.25) is 0 Å². The smallest absolute Gasteiger partial charge is 0.167 e. The van der Waals surface area contributed by atoms with Gasteiger partial charge in [-0.2, -0.15) is 0 Å². The molecule has 1 aliphatic carbocycles. The second-order valence-electron chi connectivity index (χ2n) is 6.80. The number of hydrogen-bond donors (Lipinski definition) is 1. The summed E-state index contributed by atoms with van der Waals surface area (Å²) < 4.78 is 22.2. The molecule has 0 aliphatic heterocycles. The molecule has 8 nitrogen and oxygen atoms in total. The molecular formula is C19H17FN6O2. The highest BCUT2D eigenvalue weighted by Gasteiger charge is 2.32. The number of fused-ring (bicyclic) bond motifs is 1. The van der Waals surface area contributed by atoms with E-state index in [0.717, 1.165) is 24.1 Å². The van der Waals surface area contributed by atoms with E-state index in [2.05, 4.69) is 20.3 Å². The number of imidazole rings is 1. The molecule has 0 amide bonds. The number of aromatic nitrogens is 6. The van der Waals surface area contributed by atoms with Crippen molar-refractivity contribution in [3.05, 3.63) is 66.0 Å². The predicted octanol–water partition coefficient (Wildman–Crippen LogP) is 2.42. The molecule has 0 radical (unpaired) electrons. The summed E-state index contributed by atoms with van der Waals surface area (Å²) in [7, 11) is 1.41. The molecule has 142 valence electrons. The van der Waals surface area contributed by atoms with Crippen LogP contribution in [0.3, 0.4) is 0 Å². The number of rotatable bonds is 5. The van der Waals surface area contributed by atoms with Gasteiger partial charge in [-0.1, -0.05) is 5.21 Å². The van der Waals surface area contributed by atoms with Gasteiger partial charge in [0.25, 0.3) is 0 Å². The number of aliphatic hydroxyl groups is 1. The fourth-order valence-corrected chi connectivity index (χ4v) is 3.34. The molecule has 3 heterocycles. The summed E-state index contributed by atoms with van der Waals surface area (Å²) in [6, 6.07) is 4.49. The van der Waals surface area contributed by atoms with Crippen LogP contribution in [0.4, 0.5) is 4.39 Å². The molecule has 0 bridgehead atoms. The van der Waals surface area contributed by atoms with Gasteiger partial charge in [0, 0.05) is 12.0 Å². The third kappa shape index (κ3) is 2.71. The van der Waals surface area contributed by atoms with Crippen molar-refractivity contribution in [2.75, 3.05) is 7.11 Å². The SMILES string of the molecule is COc1ccc(-n2cc([C@H](O)c3c(C4CC4)ncc4cncn34)nn2)cc1F.